The lowest BCUT2D eigenvalue weighted by Crippen LogP contribution is -2.34. The maximum absolute atomic E-state index is 13.1. The number of carbonyl (C=O) groups excluding carboxylic acids is 2. The van der Waals surface area contributed by atoms with E-state index >= 15 is 0 Å². The largest absolute Gasteiger partial charge is 0.481 e. The molecule has 0 bridgehead atoms. The Morgan fingerprint density at radius 3 is 2.41 bits per heavy atom. The van der Waals surface area contributed by atoms with Crippen LogP contribution in [0, 0.1) is 11.3 Å². The highest BCUT2D eigenvalue weighted by molar-refractivity contribution is 7.17. The minimum absolute atomic E-state index is 0.0911. The second kappa shape index (κ2) is 8.86. The number of hydrogen-bond acceptors (Lipinski definition) is 4. The number of hydrogen-bond donors (Lipinski definition) is 3. The highest BCUT2D eigenvalue weighted by Crippen LogP contribution is 2.44. The van der Waals surface area contributed by atoms with Gasteiger partial charge in [0.25, 0.3) is 5.91 Å². The summed E-state index contributed by atoms with van der Waals surface area (Å²) in [6, 6.07) is 0.208. The van der Waals surface area contributed by atoms with Crippen LogP contribution in [0.15, 0.2) is 0 Å². The molecule has 0 unspecified atom stereocenters. The molecule has 0 radical (unpaired) electrons. The maximum Gasteiger partial charge on any atom is 0.303 e. The molecule has 29 heavy (non-hydrogen) atoms. The molecule has 3 rings (SSSR count). The van der Waals surface area contributed by atoms with Gasteiger partial charge in [0, 0.05) is 17.3 Å². The highest BCUT2D eigenvalue weighted by Gasteiger charge is 2.34. The number of aliphatic carboxylic acids is 1. The molecule has 1 saturated carbocycles. The zero-order valence-electron chi connectivity index (χ0n) is 17.6. The van der Waals surface area contributed by atoms with Gasteiger partial charge < -0.3 is 15.7 Å². The first-order valence-electron chi connectivity index (χ1n) is 10.6. The molecule has 3 N–H and O–H groups in total. The van der Waals surface area contributed by atoms with Crippen LogP contribution in [0.3, 0.4) is 0 Å². The number of amides is 2. The summed E-state index contributed by atoms with van der Waals surface area (Å²) in [7, 11) is 0. The standard InChI is InChI=1S/C22H32N2O4S/c1-22(2,3)13-8-9-15-16(12-13)29-21(24-17(25)10-11-18(26)27)19(15)20(28)23-14-6-4-5-7-14/h13-14H,4-12H2,1-3H3,(H,23,28)(H,24,25)(H,26,27)/t13-/m1/s1. The Balaban J connectivity index is 1.85. The smallest absolute Gasteiger partial charge is 0.303 e. The monoisotopic (exact) mass is 420 g/mol. The molecule has 1 fully saturated rings. The third-order valence-electron chi connectivity index (χ3n) is 6.23. The molecule has 0 saturated heterocycles. The van der Waals surface area contributed by atoms with Crippen LogP contribution in [0.5, 0.6) is 0 Å². The molecule has 1 heterocycles. The lowest BCUT2D eigenvalue weighted by Gasteiger charge is -2.33. The quantitative estimate of drug-likeness (QED) is 0.636. The van der Waals surface area contributed by atoms with Gasteiger partial charge in [0.05, 0.1) is 12.0 Å². The van der Waals surface area contributed by atoms with Gasteiger partial charge in [0.1, 0.15) is 5.00 Å². The average Bonchev–Trinajstić information content (AvgIpc) is 3.25. The SMILES string of the molecule is CC(C)(C)[C@@H]1CCc2c(sc(NC(=O)CCC(=O)O)c2C(=O)NC2CCCC2)C1. The van der Waals surface area contributed by atoms with Crippen LogP contribution in [-0.2, 0) is 22.4 Å². The lowest BCUT2D eigenvalue weighted by atomic mass is 9.72. The molecule has 0 aromatic carbocycles. The molecule has 2 amide bonds. The second-order valence-electron chi connectivity index (χ2n) is 9.41. The summed E-state index contributed by atoms with van der Waals surface area (Å²) >= 11 is 1.49. The third kappa shape index (κ3) is 5.38. The van der Waals surface area contributed by atoms with Gasteiger partial charge in [-0.15, -0.1) is 11.3 Å². The zero-order valence-corrected chi connectivity index (χ0v) is 18.4. The van der Waals surface area contributed by atoms with Crippen molar-refractivity contribution in [3.05, 3.63) is 16.0 Å². The second-order valence-corrected chi connectivity index (χ2v) is 10.5. The van der Waals surface area contributed by atoms with Gasteiger partial charge in [-0.05, 0) is 49.0 Å². The van der Waals surface area contributed by atoms with Crippen LogP contribution in [0.25, 0.3) is 0 Å². The van der Waals surface area contributed by atoms with Crippen molar-refractivity contribution in [1.29, 1.82) is 0 Å². The van der Waals surface area contributed by atoms with Gasteiger partial charge in [0.15, 0.2) is 0 Å². The van der Waals surface area contributed by atoms with Crippen molar-refractivity contribution >= 4 is 34.1 Å². The van der Waals surface area contributed by atoms with Gasteiger partial charge in [-0.25, -0.2) is 0 Å². The van der Waals surface area contributed by atoms with Gasteiger partial charge >= 0.3 is 5.97 Å². The van der Waals surface area contributed by atoms with E-state index in [0.29, 0.717) is 16.5 Å². The number of fused-ring (bicyclic) bond motifs is 1. The van der Waals surface area contributed by atoms with Crippen molar-refractivity contribution < 1.29 is 19.5 Å². The fourth-order valence-corrected chi connectivity index (χ4v) is 5.73. The predicted octanol–water partition coefficient (Wildman–Crippen LogP) is 4.37. The molecular weight excluding hydrogens is 388 g/mol. The number of carbonyl (C=O) groups is 3. The maximum atomic E-state index is 13.1. The third-order valence-corrected chi connectivity index (χ3v) is 7.40. The van der Waals surface area contributed by atoms with Crippen LogP contribution in [0.4, 0.5) is 5.00 Å². The molecule has 1 atom stereocenters. The van der Waals surface area contributed by atoms with Crippen molar-refractivity contribution in [1.82, 2.24) is 5.32 Å². The van der Waals surface area contributed by atoms with Crippen molar-refractivity contribution in [3.8, 4) is 0 Å². The Morgan fingerprint density at radius 2 is 1.79 bits per heavy atom. The van der Waals surface area contributed by atoms with E-state index in [0.717, 1.165) is 50.5 Å². The fourth-order valence-electron chi connectivity index (χ4n) is 4.39. The number of anilines is 1. The normalized spacial score (nSPS) is 19.6. The summed E-state index contributed by atoms with van der Waals surface area (Å²) in [4.78, 5) is 37.4. The molecule has 0 aliphatic heterocycles. The van der Waals surface area contributed by atoms with Gasteiger partial charge in [-0.1, -0.05) is 33.6 Å². The van der Waals surface area contributed by atoms with Crippen LogP contribution >= 0.6 is 11.3 Å². The first kappa shape index (κ1) is 21.8. The van der Waals surface area contributed by atoms with Gasteiger partial charge in [-0.2, -0.15) is 0 Å². The number of carboxylic acid groups (broad SMARTS) is 1. The molecule has 2 aliphatic rings. The van der Waals surface area contributed by atoms with E-state index in [1.165, 1.54) is 16.2 Å². The fraction of sp³-hybridized carbons (Fsp3) is 0.682. The van der Waals surface area contributed by atoms with Crippen molar-refractivity contribution in [3.63, 3.8) is 0 Å². The zero-order chi connectivity index (χ0) is 21.2. The number of thiophene rings is 1. The van der Waals surface area contributed by atoms with E-state index in [9.17, 15) is 14.4 Å². The minimum atomic E-state index is -1.00. The molecule has 160 valence electrons. The molecule has 1 aromatic heterocycles. The van der Waals surface area contributed by atoms with Crippen LogP contribution < -0.4 is 10.6 Å². The topological polar surface area (TPSA) is 95.5 Å². The number of carboxylic acids is 1. The Morgan fingerprint density at radius 1 is 1.10 bits per heavy atom. The van der Waals surface area contributed by atoms with E-state index < -0.39 is 5.97 Å². The first-order chi connectivity index (χ1) is 13.6. The summed E-state index contributed by atoms with van der Waals surface area (Å²) < 4.78 is 0. The summed E-state index contributed by atoms with van der Waals surface area (Å²) in [5, 5.41) is 15.4. The number of nitrogens with one attached hydrogen (secondary N) is 2. The van der Waals surface area contributed by atoms with E-state index in [1.54, 1.807) is 0 Å². The number of rotatable bonds is 6. The Labute approximate surface area is 176 Å². The average molecular weight is 421 g/mol. The predicted molar refractivity (Wildman–Crippen MR) is 115 cm³/mol. The Bertz CT molecular complexity index is 787. The molecule has 2 aliphatic carbocycles. The van der Waals surface area contributed by atoms with Crippen LogP contribution in [0.2, 0.25) is 0 Å². The first-order valence-corrected chi connectivity index (χ1v) is 11.4. The van der Waals surface area contributed by atoms with E-state index in [2.05, 4.69) is 31.4 Å². The molecule has 0 spiro atoms. The summed E-state index contributed by atoms with van der Waals surface area (Å²) in [6.45, 7) is 6.75. The van der Waals surface area contributed by atoms with Gasteiger partial charge in [-0.3, -0.25) is 14.4 Å². The van der Waals surface area contributed by atoms with E-state index in [-0.39, 0.29) is 36.1 Å². The highest BCUT2D eigenvalue weighted by atomic mass is 32.1. The minimum Gasteiger partial charge on any atom is -0.481 e. The lowest BCUT2D eigenvalue weighted by molar-refractivity contribution is -0.138. The molecular formula is C22H32N2O4S. The Hall–Kier alpha value is -1.89. The summed E-state index contributed by atoms with van der Waals surface area (Å²) in [5.41, 5.74) is 1.87. The van der Waals surface area contributed by atoms with Crippen molar-refractivity contribution in [2.75, 3.05) is 5.32 Å². The van der Waals surface area contributed by atoms with Crippen molar-refractivity contribution in [2.24, 2.45) is 11.3 Å². The molecule has 7 heteroatoms. The van der Waals surface area contributed by atoms with E-state index in [4.69, 9.17) is 5.11 Å². The van der Waals surface area contributed by atoms with Crippen LogP contribution in [0.1, 0.15) is 86.5 Å². The Kier molecular flexibility index (Phi) is 6.66. The van der Waals surface area contributed by atoms with Gasteiger partial charge in [0.2, 0.25) is 5.91 Å². The molecule has 1 aromatic rings. The van der Waals surface area contributed by atoms with E-state index in [1.807, 2.05) is 0 Å². The van der Waals surface area contributed by atoms with Crippen molar-refractivity contribution in [2.45, 2.75) is 84.6 Å². The molecule has 6 nitrogen and oxygen atoms in total. The summed E-state index contributed by atoms with van der Waals surface area (Å²) in [6.07, 6.45) is 6.76. The van der Waals surface area contributed by atoms with Crippen LogP contribution in [-0.4, -0.2) is 28.9 Å². The summed E-state index contributed by atoms with van der Waals surface area (Å²) in [5.74, 6) is -0.918.